The van der Waals surface area contributed by atoms with Crippen LogP contribution < -0.4 is 10.6 Å². The average Bonchev–Trinajstić information content (AvgIpc) is 2.65. The molecule has 0 fully saturated rings. The summed E-state index contributed by atoms with van der Waals surface area (Å²) < 4.78 is 0. The molecule has 0 radical (unpaired) electrons. The molecular weight excluding hydrogens is 344 g/mol. The number of rotatable bonds is 10. The summed E-state index contributed by atoms with van der Waals surface area (Å²) in [5.74, 6) is -2.42. The van der Waals surface area contributed by atoms with Crippen LogP contribution >= 0.6 is 0 Å². The molecule has 27 heavy (non-hydrogen) atoms. The summed E-state index contributed by atoms with van der Waals surface area (Å²) >= 11 is 0. The second-order valence-corrected chi connectivity index (χ2v) is 6.26. The van der Waals surface area contributed by atoms with E-state index in [1.54, 1.807) is 48.5 Å². The van der Waals surface area contributed by atoms with Crippen molar-refractivity contribution in [3.63, 3.8) is 0 Å². The van der Waals surface area contributed by atoms with Gasteiger partial charge in [-0.1, -0.05) is 49.2 Å². The fraction of sp³-hybridized carbons (Fsp3) is 0.286. The highest BCUT2D eigenvalue weighted by atomic mass is 16.4. The highest BCUT2D eigenvalue weighted by Gasteiger charge is 2.26. The van der Waals surface area contributed by atoms with Crippen molar-refractivity contribution in [3.05, 3.63) is 60.7 Å². The Kier molecular flexibility index (Phi) is 8.03. The van der Waals surface area contributed by atoms with Gasteiger partial charge in [0.15, 0.2) is 0 Å². The maximum atomic E-state index is 12.7. The quantitative estimate of drug-likeness (QED) is 0.437. The lowest BCUT2D eigenvalue weighted by Crippen LogP contribution is -2.34. The van der Waals surface area contributed by atoms with Crippen LogP contribution in [0.4, 0.5) is 11.4 Å². The number of para-hydroxylation sites is 2. The van der Waals surface area contributed by atoms with Crippen LogP contribution in [-0.4, -0.2) is 22.9 Å². The van der Waals surface area contributed by atoms with Gasteiger partial charge in [-0.15, -0.1) is 0 Å². The van der Waals surface area contributed by atoms with Crippen LogP contribution in [0.5, 0.6) is 0 Å². The number of unbranched alkanes of at least 4 members (excludes halogenated alkanes) is 2. The summed E-state index contributed by atoms with van der Waals surface area (Å²) in [6, 6.07) is 18.0. The molecule has 0 spiro atoms. The number of benzene rings is 2. The maximum absolute atomic E-state index is 12.7. The van der Waals surface area contributed by atoms with E-state index in [-0.39, 0.29) is 18.2 Å². The number of carboxylic acids is 1. The Hall–Kier alpha value is -3.15. The topological polar surface area (TPSA) is 95.5 Å². The summed E-state index contributed by atoms with van der Waals surface area (Å²) in [4.78, 5) is 35.9. The van der Waals surface area contributed by atoms with Crippen LogP contribution in [0.2, 0.25) is 0 Å². The van der Waals surface area contributed by atoms with Crippen molar-refractivity contribution in [1.82, 2.24) is 0 Å². The fourth-order valence-electron chi connectivity index (χ4n) is 2.68. The van der Waals surface area contributed by atoms with Gasteiger partial charge in [-0.2, -0.15) is 0 Å². The summed E-state index contributed by atoms with van der Waals surface area (Å²) in [7, 11) is 0. The second-order valence-electron chi connectivity index (χ2n) is 6.26. The van der Waals surface area contributed by atoms with Crippen molar-refractivity contribution in [2.45, 2.75) is 32.1 Å². The Labute approximate surface area is 158 Å². The Morgan fingerprint density at radius 2 is 1.22 bits per heavy atom. The number of nitrogens with one attached hydrogen (secondary N) is 2. The number of carbonyl (C=O) groups is 3. The van der Waals surface area contributed by atoms with Crippen molar-refractivity contribution < 1.29 is 19.5 Å². The highest BCUT2D eigenvalue weighted by Crippen LogP contribution is 2.17. The van der Waals surface area contributed by atoms with Gasteiger partial charge < -0.3 is 15.7 Å². The zero-order chi connectivity index (χ0) is 19.5. The first-order valence-electron chi connectivity index (χ1n) is 9.00. The third kappa shape index (κ3) is 7.32. The van der Waals surface area contributed by atoms with Crippen molar-refractivity contribution in [3.8, 4) is 0 Å². The molecule has 0 aromatic heterocycles. The van der Waals surface area contributed by atoms with Crippen LogP contribution in [0.1, 0.15) is 32.1 Å². The van der Waals surface area contributed by atoms with Crippen molar-refractivity contribution >= 4 is 29.2 Å². The second kappa shape index (κ2) is 10.8. The number of hydrogen-bond donors (Lipinski definition) is 3. The smallest absolute Gasteiger partial charge is 0.303 e. The van der Waals surface area contributed by atoms with Gasteiger partial charge in [0.1, 0.15) is 5.92 Å². The third-order valence-electron chi connectivity index (χ3n) is 4.10. The molecule has 0 atom stereocenters. The Morgan fingerprint density at radius 1 is 0.741 bits per heavy atom. The van der Waals surface area contributed by atoms with Gasteiger partial charge in [-0.3, -0.25) is 14.4 Å². The van der Waals surface area contributed by atoms with Gasteiger partial charge in [-0.05, 0) is 37.1 Å². The van der Waals surface area contributed by atoms with E-state index in [9.17, 15) is 14.4 Å². The van der Waals surface area contributed by atoms with Crippen LogP contribution in [0.3, 0.4) is 0 Å². The molecule has 2 amide bonds. The van der Waals surface area contributed by atoms with Crippen LogP contribution in [0, 0.1) is 5.92 Å². The molecule has 0 aliphatic heterocycles. The molecule has 0 saturated heterocycles. The van der Waals surface area contributed by atoms with Gasteiger partial charge in [0.05, 0.1) is 0 Å². The predicted molar refractivity (Wildman–Crippen MR) is 104 cm³/mol. The van der Waals surface area contributed by atoms with Gasteiger partial charge in [0.25, 0.3) is 0 Å². The fourth-order valence-corrected chi connectivity index (χ4v) is 2.68. The summed E-state index contributed by atoms with van der Waals surface area (Å²) in [6.45, 7) is 0. The molecule has 2 aromatic rings. The predicted octanol–water partition coefficient (Wildman–Crippen LogP) is 3.92. The van der Waals surface area contributed by atoms with E-state index in [1.807, 2.05) is 12.1 Å². The molecule has 6 heteroatoms. The van der Waals surface area contributed by atoms with Gasteiger partial charge in [0.2, 0.25) is 11.8 Å². The Balaban J connectivity index is 1.99. The van der Waals surface area contributed by atoms with Crippen LogP contribution in [0.15, 0.2) is 60.7 Å². The maximum Gasteiger partial charge on any atom is 0.303 e. The molecule has 0 aliphatic carbocycles. The third-order valence-corrected chi connectivity index (χ3v) is 4.10. The number of anilines is 2. The Bertz CT molecular complexity index is 694. The lowest BCUT2D eigenvalue weighted by molar-refractivity contribution is -0.137. The molecule has 0 heterocycles. The highest BCUT2D eigenvalue weighted by molar-refractivity contribution is 6.10. The minimum atomic E-state index is -0.852. The molecular formula is C21H24N2O4. The molecule has 2 rings (SSSR count). The zero-order valence-corrected chi connectivity index (χ0v) is 15.1. The first kappa shape index (κ1) is 20.2. The SMILES string of the molecule is O=C(O)CCCCCC(C(=O)Nc1ccccc1)C(=O)Nc1ccccc1. The molecule has 3 N–H and O–H groups in total. The van der Waals surface area contributed by atoms with Crippen molar-refractivity contribution in [2.24, 2.45) is 5.92 Å². The van der Waals surface area contributed by atoms with Crippen LogP contribution in [0.25, 0.3) is 0 Å². The molecule has 0 saturated carbocycles. The standard InChI is InChI=1S/C21H24N2O4/c24-19(25)15-9-3-8-14-18(20(26)22-16-10-4-1-5-11-16)21(27)23-17-12-6-2-7-13-17/h1-2,4-7,10-13,18H,3,8-9,14-15H2,(H,22,26)(H,23,27)(H,24,25). The minimum Gasteiger partial charge on any atom is -0.481 e. The largest absolute Gasteiger partial charge is 0.481 e. The number of amides is 2. The molecule has 0 bridgehead atoms. The van der Waals surface area contributed by atoms with Crippen molar-refractivity contribution in [2.75, 3.05) is 10.6 Å². The van der Waals surface area contributed by atoms with Crippen molar-refractivity contribution in [1.29, 1.82) is 0 Å². The first-order valence-corrected chi connectivity index (χ1v) is 9.00. The van der Waals surface area contributed by atoms with E-state index in [0.29, 0.717) is 37.1 Å². The van der Waals surface area contributed by atoms with E-state index in [4.69, 9.17) is 5.11 Å². The number of hydrogen-bond acceptors (Lipinski definition) is 3. The van der Waals surface area contributed by atoms with E-state index >= 15 is 0 Å². The van der Waals surface area contributed by atoms with Gasteiger partial charge in [-0.25, -0.2) is 0 Å². The molecule has 2 aromatic carbocycles. The van der Waals surface area contributed by atoms with E-state index in [1.165, 1.54) is 0 Å². The molecule has 142 valence electrons. The molecule has 0 unspecified atom stereocenters. The molecule has 0 aliphatic rings. The first-order chi connectivity index (χ1) is 13.1. The zero-order valence-electron chi connectivity index (χ0n) is 15.1. The average molecular weight is 368 g/mol. The number of carbonyl (C=O) groups excluding carboxylic acids is 2. The lowest BCUT2D eigenvalue weighted by Gasteiger charge is -2.17. The van der Waals surface area contributed by atoms with Gasteiger partial charge >= 0.3 is 5.97 Å². The summed E-state index contributed by atoms with van der Waals surface area (Å²) in [5, 5.41) is 14.2. The van der Waals surface area contributed by atoms with Gasteiger partial charge in [0, 0.05) is 17.8 Å². The summed E-state index contributed by atoms with van der Waals surface area (Å²) in [5.41, 5.74) is 1.26. The van der Waals surface area contributed by atoms with Crippen LogP contribution in [-0.2, 0) is 14.4 Å². The Morgan fingerprint density at radius 3 is 1.67 bits per heavy atom. The van der Waals surface area contributed by atoms with E-state index < -0.39 is 11.9 Å². The number of carboxylic acid groups (broad SMARTS) is 1. The minimum absolute atomic E-state index is 0.0943. The monoisotopic (exact) mass is 368 g/mol. The summed E-state index contributed by atoms with van der Waals surface area (Å²) in [6.07, 6.45) is 2.24. The normalized spacial score (nSPS) is 10.4. The lowest BCUT2D eigenvalue weighted by atomic mass is 9.98. The number of aliphatic carboxylic acids is 1. The van der Waals surface area contributed by atoms with E-state index in [2.05, 4.69) is 10.6 Å². The van der Waals surface area contributed by atoms with E-state index in [0.717, 1.165) is 0 Å². The molecule has 6 nitrogen and oxygen atoms in total.